The first kappa shape index (κ1) is 24.9. The minimum atomic E-state index is -0.582. The molecule has 2 aromatic carbocycles. The predicted octanol–water partition coefficient (Wildman–Crippen LogP) is 4.74. The summed E-state index contributed by atoms with van der Waals surface area (Å²) in [6.07, 6.45) is 1.97. The van der Waals surface area contributed by atoms with E-state index in [2.05, 4.69) is 20.3 Å². The van der Waals surface area contributed by atoms with Crippen molar-refractivity contribution in [1.29, 1.82) is 0 Å². The lowest BCUT2D eigenvalue weighted by Crippen LogP contribution is -2.53. The van der Waals surface area contributed by atoms with Gasteiger partial charge in [-0.1, -0.05) is 41.4 Å². The largest absolute Gasteiger partial charge is 0.350 e. The van der Waals surface area contributed by atoms with E-state index in [1.165, 1.54) is 41.7 Å². The molecule has 2 amide bonds. The molecule has 3 N–H and O–H groups in total. The lowest BCUT2D eigenvalue weighted by molar-refractivity contribution is -0.124. The second-order valence-corrected chi connectivity index (χ2v) is 10.4. The van der Waals surface area contributed by atoms with Gasteiger partial charge in [-0.15, -0.1) is 11.3 Å². The molecule has 2 atom stereocenters. The number of carbonyl (C=O) groups is 2. The van der Waals surface area contributed by atoms with E-state index in [0.717, 1.165) is 15.4 Å². The number of thiazole rings is 1. The number of hydrogen-bond acceptors (Lipinski definition) is 7. The van der Waals surface area contributed by atoms with Gasteiger partial charge in [-0.2, -0.15) is 0 Å². The Kier molecular flexibility index (Phi) is 8.07. The van der Waals surface area contributed by atoms with Crippen molar-refractivity contribution in [2.45, 2.75) is 25.0 Å². The molecule has 2 heterocycles. The van der Waals surface area contributed by atoms with Crippen molar-refractivity contribution < 1.29 is 14.0 Å². The molecule has 178 valence electrons. The summed E-state index contributed by atoms with van der Waals surface area (Å²) in [6, 6.07) is 10.3. The van der Waals surface area contributed by atoms with Gasteiger partial charge in [0.1, 0.15) is 16.9 Å². The lowest BCUT2D eigenvalue weighted by Gasteiger charge is -2.34. The molecule has 0 saturated carbocycles. The average Bonchev–Trinajstić information content (AvgIpc) is 3.29. The van der Waals surface area contributed by atoms with E-state index >= 15 is 0 Å². The van der Waals surface area contributed by atoms with Gasteiger partial charge in [-0.05, 0) is 37.7 Å². The topological polar surface area (TPSA) is 86.4 Å². The second kappa shape index (κ2) is 11.0. The summed E-state index contributed by atoms with van der Waals surface area (Å²) in [4.78, 5) is 30.9. The first-order valence-electron chi connectivity index (χ1n) is 10.2. The molecule has 34 heavy (non-hydrogen) atoms. The maximum atomic E-state index is 13.4. The van der Waals surface area contributed by atoms with Gasteiger partial charge >= 0.3 is 0 Å². The minimum Gasteiger partial charge on any atom is -0.350 e. The Bertz CT molecular complexity index is 1210. The smallest absolute Gasteiger partial charge is 0.242 e. The molecular weight excluding hydrogens is 520 g/mol. The molecule has 1 aliphatic heterocycles. The molecule has 4 rings (SSSR count). The molecule has 0 spiro atoms. The zero-order valence-electron chi connectivity index (χ0n) is 17.8. The van der Waals surface area contributed by atoms with E-state index in [1.54, 1.807) is 23.6 Å². The molecule has 2 unspecified atom stereocenters. The lowest BCUT2D eigenvalue weighted by atomic mass is 10.1. The molecule has 0 bridgehead atoms. The highest BCUT2D eigenvalue weighted by Gasteiger charge is 2.35. The summed E-state index contributed by atoms with van der Waals surface area (Å²) in [7, 11) is 1.75. The number of hydrogen-bond donors (Lipinski definition) is 3. The molecule has 1 fully saturated rings. The van der Waals surface area contributed by atoms with Crippen LogP contribution in [0.4, 0.5) is 10.1 Å². The number of nitrogens with one attached hydrogen (secondary N) is 3. The fourth-order valence-corrected chi connectivity index (χ4v) is 5.47. The molecule has 1 aromatic heterocycles. The molecule has 1 aliphatic rings. The number of rotatable bonds is 6. The predicted molar refractivity (Wildman–Crippen MR) is 135 cm³/mol. The zero-order chi connectivity index (χ0) is 24.2. The van der Waals surface area contributed by atoms with Crippen LogP contribution in [-0.2, 0) is 16.1 Å². The Hall–Kier alpha value is -2.21. The third-order valence-corrected chi connectivity index (χ3v) is 7.72. The van der Waals surface area contributed by atoms with Crippen LogP contribution in [0.25, 0.3) is 10.6 Å². The van der Waals surface area contributed by atoms with Crippen molar-refractivity contribution in [1.82, 2.24) is 19.3 Å². The molecule has 3 aromatic rings. The van der Waals surface area contributed by atoms with Gasteiger partial charge in [0.25, 0.3) is 0 Å². The zero-order valence-corrected chi connectivity index (χ0v) is 21.0. The van der Waals surface area contributed by atoms with Crippen molar-refractivity contribution in [3.63, 3.8) is 0 Å². The van der Waals surface area contributed by atoms with Crippen LogP contribution in [-0.4, -0.2) is 40.2 Å². The summed E-state index contributed by atoms with van der Waals surface area (Å²) in [5.41, 5.74) is 1.23. The van der Waals surface area contributed by atoms with Gasteiger partial charge in [0.05, 0.1) is 22.6 Å². The fourth-order valence-electron chi connectivity index (χ4n) is 3.31. The van der Waals surface area contributed by atoms with E-state index in [9.17, 15) is 14.0 Å². The van der Waals surface area contributed by atoms with Crippen LogP contribution in [0.5, 0.6) is 0 Å². The SMILES string of the molecule is CN1SNC(C(=O)NCc2cnc(-c3ccccc3Cl)s2)CC1C(=O)Nc1ccc(F)c(Cl)c1. The van der Waals surface area contributed by atoms with Crippen molar-refractivity contribution in [3.8, 4) is 10.6 Å². The number of amides is 2. The maximum Gasteiger partial charge on any atom is 0.242 e. The number of likely N-dealkylation sites (N-methyl/N-ethyl adjacent to an activating group) is 1. The van der Waals surface area contributed by atoms with Crippen LogP contribution in [0.2, 0.25) is 10.0 Å². The first-order valence-corrected chi connectivity index (χ1v) is 12.5. The minimum absolute atomic E-state index is 0.0798. The Balaban J connectivity index is 1.34. The molecule has 7 nitrogen and oxygen atoms in total. The number of benzene rings is 2. The Morgan fingerprint density at radius 2 is 2.00 bits per heavy atom. The van der Waals surface area contributed by atoms with Gasteiger partial charge in [0.15, 0.2) is 0 Å². The summed E-state index contributed by atoms with van der Waals surface area (Å²) < 4.78 is 18.2. The first-order chi connectivity index (χ1) is 16.3. The standard InChI is InChI=1S/C22H20Cl2FN5O2S2/c1-30-19(21(32)28-12-6-7-17(25)16(24)8-12)9-18(29-34-30)20(31)26-10-13-11-27-22(33-13)14-4-2-3-5-15(14)23/h2-8,11,18-19,29H,9-10H2,1H3,(H,26,31)(H,28,32). The number of nitrogens with zero attached hydrogens (tertiary/aromatic N) is 2. The van der Waals surface area contributed by atoms with E-state index < -0.39 is 17.9 Å². The van der Waals surface area contributed by atoms with Gasteiger partial charge in [-0.3, -0.25) is 9.59 Å². The highest BCUT2D eigenvalue weighted by molar-refractivity contribution is 7.95. The summed E-state index contributed by atoms with van der Waals surface area (Å²) >= 11 is 14.7. The quantitative estimate of drug-likeness (QED) is 0.392. The van der Waals surface area contributed by atoms with E-state index in [1.807, 2.05) is 18.2 Å². The van der Waals surface area contributed by atoms with Gasteiger partial charge in [0, 0.05) is 34.5 Å². The normalized spacial score (nSPS) is 18.5. The van der Waals surface area contributed by atoms with Crippen LogP contribution in [0.1, 0.15) is 11.3 Å². The van der Waals surface area contributed by atoms with Crippen LogP contribution >= 0.6 is 46.7 Å². The van der Waals surface area contributed by atoms with E-state index in [0.29, 0.717) is 17.3 Å². The van der Waals surface area contributed by atoms with E-state index in [-0.39, 0.29) is 23.3 Å². The van der Waals surface area contributed by atoms with Crippen molar-refractivity contribution in [2.75, 3.05) is 12.4 Å². The Labute approximate surface area is 214 Å². The van der Waals surface area contributed by atoms with Gasteiger partial charge < -0.3 is 10.6 Å². The maximum absolute atomic E-state index is 13.4. The third-order valence-electron chi connectivity index (χ3n) is 5.14. The molecule has 1 saturated heterocycles. The average molecular weight is 540 g/mol. The monoisotopic (exact) mass is 539 g/mol. The van der Waals surface area contributed by atoms with Crippen molar-refractivity contribution >= 4 is 64.2 Å². The van der Waals surface area contributed by atoms with Gasteiger partial charge in [-0.25, -0.2) is 18.4 Å². The molecule has 0 radical (unpaired) electrons. The second-order valence-electron chi connectivity index (χ2n) is 7.51. The molecular formula is C22H20Cl2FN5O2S2. The number of anilines is 1. The van der Waals surface area contributed by atoms with Crippen molar-refractivity contribution in [2.24, 2.45) is 0 Å². The molecule has 0 aliphatic carbocycles. The summed E-state index contributed by atoms with van der Waals surface area (Å²) in [5.74, 6) is -1.11. The highest BCUT2D eigenvalue weighted by Crippen LogP contribution is 2.31. The van der Waals surface area contributed by atoms with Gasteiger partial charge in [0.2, 0.25) is 11.8 Å². The fraction of sp³-hybridized carbons (Fsp3) is 0.227. The van der Waals surface area contributed by atoms with Crippen LogP contribution in [0.3, 0.4) is 0 Å². The van der Waals surface area contributed by atoms with Crippen LogP contribution in [0.15, 0.2) is 48.7 Å². The van der Waals surface area contributed by atoms with Crippen LogP contribution in [0, 0.1) is 5.82 Å². The Morgan fingerprint density at radius 1 is 1.21 bits per heavy atom. The summed E-state index contributed by atoms with van der Waals surface area (Å²) in [6.45, 7) is 0.310. The Morgan fingerprint density at radius 3 is 2.76 bits per heavy atom. The number of carbonyl (C=O) groups excluding carboxylic acids is 2. The highest BCUT2D eigenvalue weighted by atomic mass is 35.5. The van der Waals surface area contributed by atoms with Crippen LogP contribution < -0.4 is 15.4 Å². The van der Waals surface area contributed by atoms with E-state index in [4.69, 9.17) is 23.2 Å². The van der Waals surface area contributed by atoms with Crippen molar-refractivity contribution in [3.05, 3.63) is 69.4 Å². The third kappa shape index (κ3) is 5.88. The number of halogens is 3. The summed E-state index contributed by atoms with van der Waals surface area (Å²) in [5, 5.41) is 6.94. The number of aromatic nitrogens is 1. The molecule has 12 heteroatoms.